The number of hydrogen-bond acceptors (Lipinski definition) is 1. The maximum atomic E-state index is 5.24. The van der Waals surface area contributed by atoms with Crippen LogP contribution in [0.2, 0.25) is 0 Å². The summed E-state index contributed by atoms with van der Waals surface area (Å²) in [5, 5.41) is 0. The van der Waals surface area contributed by atoms with Gasteiger partial charge in [-0.2, -0.15) is 0 Å². The van der Waals surface area contributed by atoms with Crippen molar-refractivity contribution < 1.29 is 0 Å². The summed E-state index contributed by atoms with van der Waals surface area (Å²) in [7, 11) is 0. The molecule has 0 aliphatic carbocycles. The molecule has 0 unspecified atom stereocenters. The number of aromatic amines is 1. The SMILES string of the molecule is Cc1ccc(Br)c(-n2c(C)c[nH]c2=S)c1. The molecule has 0 fully saturated rings. The van der Waals surface area contributed by atoms with E-state index in [0.717, 1.165) is 20.6 Å². The van der Waals surface area contributed by atoms with Crippen LogP contribution >= 0.6 is 28.1 Å². The Morgan fingerprint density at radius 1 is 1.33 bits per heavy atom. The Morgan fingerprint density at radius 3 is 2.67 bits per heavy atom. The number of aromatic nitrogens is 2. The van der Waals surface area contributed by atoms with Crippen molar-refractivity contribution in [3.8, 4) is 5.69 Å². The Kier molecular flexibility index (Phi) is 2.80. The summed E-state index contributed by atoms with van der Waals surface area (Å²) in [6.07, 6.45) is 1.91. The fraction of sp³-hybridized carbons (Fsp3) is 0.182. The Morgan fingerprint density at radius 2 is 2.07 bits per heavy atom. The van der Waals surface area contributed by atoms with Crippen LogP contribution in [-0.2, 0) is 0 Å². The third-order valence-corrected chi connectivity index (χ3v) is 3.27. The smallest absolute Gasteiger partial charge is 0.182 e. The fourth-order valence-corrected chi connectivity index (χ4v) is 2.27. The second kappa shape index (κ2) is 3.94. The highest BCUT2D eigenvalue weighted by Gasteiger charge is 2.06. The van der Waals surface area contributed by atoms with Crippen molar-refractivity contribution >= 4 is 28.1 Å². The Bertz CT molecular complexity index is 554. The number of nitrogens with zero attached hydrogens (tertiary/aromatic N) is 1. The van der Waals surface area contributed by atoms with E-state index in [2.05, 4.69) is 40.0 Å². The van der Waals surface area contributed by atoms with E-state index < -0.39 is 0 Å². The van der Waals surface area contributed by atoms with Crippen LogP contribution in [-0.4, -0.2) is 9.55 Å². The number of H-pyrrole nitrogens is 1. The predicted molar refractivity (Wildman–Crippen MR) is 68.1 cm³/mol. The number of nitrogens with one attached hydrogen (secondary N) is 1. The zero-order chi connectivity index (χ0) is 11.0. The van der Waals surface area contributed by atoms with Crippen LogP contribution in [0.3, 0.4) is 0 Å². The van der Waals surface area contributed by atoms with Gasteiger partial charge in [-0.1, -0.05) is 6.07 Å². The van der Waals surface area contributed by atoms with Crippen molar-refractivity contribution in [3.63, 3.8) is 0 Å². The summed E-state index contributed by atoms with van der Waals surface area (Å²) in [6, 6.07) is 6.22. The zero-order valence-corrected chi connectivity index (χ0v) is 10.9. The molecule has 2 rings (SSSR count). The number of rotatable bonds is 1. The highest BCUT2D eigenvalue weighted by atomic mass is 79.9. The number of aryl methyl sites for hydroxylation is 2. The predicted octanol–water partition coefficient (Wildman–Crippen LogP) is 3.91. The minimum atomic E-state index is 0.721. The van der Waals surface area contributed by atoms with Crippen molar-refractivity contribution in [2.75, 3.05) is 0 Å². The van der Waals surface area contributed by atoms with Gasteiger partial charge in [0.1, 0.15) is 0 Å². The molecule has 0 aliphatic heterocycles. The number of hydrogen-bond donors (Lipinski definition) is 1. The second-order valence-corrected chi connectivity index (χ2v) is 4.77. The second-order valence-electron chi connectivity index (χ2n) is 3.53. The van der Waals surface area contributed by atoms with Crippen molar-refractivity contribution in [1.82, 2.24) is 9.55 Å². The molecule has 0 aliphatic rings. The van der Waals surface area contributed by atoms with Crippen molar-refractivity contribution in [2.24, 2.45) is 0 Å². The third kappa shape index (κ3) is 1.92. The first kappa shape index (κ1) is 10.6. The molecule has 2 nitrogen and oxygen atoms in total. The quantitative estimate of drug-likeness (QED) is 0.787. The van der Waals surface area contributed by atoms with Crippen LogP contribution < -0.4 is 0 Å². The topological polar surface area (TPSA) is 20.7 Å². The molecule has 1 aromatic heterocycles. The van der Waals surface area contributed by atoms with Gasteiger partial charge >= 0.3 is 0 Å². The van der Waals surface area contributed by atoms with Crippen LogP contribution in [0.15, 0.2) is 28.9 Å². The lowest BCUT2D eigenvalue weighted by molar-refractivity contribution is 0.976. The zero-order valence-electron chi connectivity index (χ0n) is 8.54. The molecule has 78 valence electrons. The monoisotopic (exact) mass is 282 g/mol. The molecule has 0 spiro atoms. The highest BCUT2D eigenvalue weighted by molar-refractivity contribution is 9.10. The largest absolute Gasteiger partial charge is 0.337 e. The van der Waals surface area contributed by atoms with Crippen LogP contribution in [0.25, 0.3) is 5.69 Å². The van der Waals surface area contributed by atoms with Crippen LogP contribution in [0.4, 0.5) is 0 Å². The van der Waals surface area contributed by atoms with Gasteiger partial charge in [0, 0.05) is 16.4 Å². The van der Waals surface area contributed by atoms with Crippen molar-refractivity contribution in [2.45, 2.75) is 13.8 Å². The standard InChI is InChI=1S/C11H11BrN2S/c1-7-3-4-9(12)10(5-7)14-8(2)6-13-11(14)15/h3-6H,1-2H3,(H,13,15). The molecule has 0 radical (unpaired) electrons. The fourth-order valence-electron chi connectivity index (χ4n) is 1.55. The molecule has 1 aromatic carbocycles. The molecule has 0 atom stereocenters. The molecule has 15 heavy (non-hydrogen) atoms. The lowest BCUT2D eigenvalue weighted by Crippen LogP contribution is -1.98. The van der Waals surface area contributed by atoms with Crippen LogP contribution in [0.1, 0.15) is 11.3 Å². The van der Waals surface area contributed by atoms with Gasteiger partial charge in [-0.3, -0.25) is 4.57 Å². The van der Waals surface area contributed by atoms with E-state index in [1.54, 1.807) is 0 Å². The molecule has 0 saturated carbocycles. The first-order valence-electron chi connectivity index (χ1n) is 4.63. The maximum absolute atomic E-state index is 5.24. The Hall–Kier alpha value is -0.870. The van der Waals surface area contributed by atoms with E-state index >= 15 is 0 Å². The van der Waals surface area contributed by atoms with Gasteiger partial charge in [0.05, 0.1) is 5.69 Å². The summed E-state index contributed by atoms with van der Waals surface area (Å²) < 4.78 is 3.79. The molecular weight excluding hydrogens is 272 g/mol. The van der Waals surface area contributed by atoms with E-state index in [9.17, 15) is 0 Å². The van der Waals surface area contributed by atoms with Gasteiger partial charge in [0.2, 0.25) is 0 Å². The third-order valence-electron chi connectivity index (χ3n) is 2.30. The lowest BCUT2D eigenvalue weighted by Gasteiger charge is -2.08. The molecule has 1 heterocycles. The molecule has 0 saturated heterocycles. The first-order valence-corrected chi connectivity index (χ1v) is 5.83. The van der Waals surface area contributed by atoms with Gasteiger partial charge in [0.15, 0.2) is 4.77 Å². The molecular formula is C11H11BrN2S. The number of imidazole rings is 1. The molecule has 0 bridgehead atoms. The summed E-state index contributed by atoms with van der Waals surface area (Å²) in [5.74, 6) is 0. The maximum Gasteiger partial charge on any atom is 0.182 e. The van der Waals surface area contributed by atoms with Gasteiger partial charge in [-0.05, 0) is 59.7 Å². The summed E-state index contributed by atoms with van der Waals surface area (Å²) in [6.45, 7) is 4.10. The van der Waals surface area contributed by atoms with Gasteiger partial charge in [-0.25, -0.2) is 0 Å². The van der Waals surface area contributed by atoms with E-state index in [4.69, 9.17) is 12.2 Å². The van der Waals surface area contributed by atoms with Crippen LogP contribution in [0, 0.1) is 18.6 Å². The molecule has 0 amide bonds. The minimum Gasteiger partial charge on any atom is -0.337 e. The minimum absolute atomic E-state index is 0.721. The van der Waals surface area contributed by atoms with Gasteiger partial charge in [0.25, 0.3) is 0 Å². The van der Waals surface area contributed by atoms with Crippen molar-refractivity contribution in [1.29, 1.82) is 0 Å². The Balaban J connectivity index is 2.74. The normalized spacial score (nSPS) is 10.6. The molecule has 2 aromatic rings. The van der Waals surface area contributed by atoms with E-state index in [-0.39, 0.29) is 0 Å². The van der Waals surface area contributed by atoms with E-state index in [1.807, 2.05) is 23.8 Å². The van der Waals surface area contributed by atoms with E-state index in [1.165, 1.54) is 5.56 Å². The molecule has 4 heteroatoms. The number of benzene rings is 1. The average molecular weight is 283 g/mol. The number of halogens is 1. The van der Waals surface area contributed by atoms with Crippen LogP contribution in [0.5, 0.6) is 0 Å². The lowest BCUT2D eigenvalue weighted by atomic mass is 10.2. The highest BCUT2D eigenvalue weighted by Crippen LogP contribution is 2.23. The Labute approximate surface area is 102 Å². The van der Waals surface area contributed by atoms with Gasteiger partial charge in [-0.15, -0.1) is 0 Å². The summed E-state index contributed by atoms with van der Waals surface area (Å²) in [4.78, 5) is 3.04. The molecule has 1 N–H and O–H groups in total. The average Bonchev–Trinajstić information content (AvgIpc) is 2.51. The van der Waals surface area contributed by atoms with E-state index in [0.29, 0.717) is 0 Å². The first-order chi connectivity index (χ1) is 7.09. The summed E-state index contributed by atoms with van der Waals surface area (Å²) >= 11 is 8.78. The summed E-state index contributed by atoms with van der Waals surface area (Å²) in [5.41, 5.74) is 3.40. The van der Waals surface area contributed by atoms with Crippen molar-refractivity contribution in [3.05, 3.63) is 44.9 Å². The van der Waals surface area contributed by atoms with Gasteiger partial charge < -0.3 is 4.98 Å².